The molecule has 1 heterocycles. The first kappa shape index (κ1) is 16.8. The highest BCUT2D eigenvalue weighted by Gasteiger charge is 2.26. The Labute approximate surface area is 134 Å². The Morgan fingerprint density at radius 2 is 2.14 bits per heavy atom. The van der Waals surface area contributed by atoms with Crippen LogP contribution in [0.25, 0.3) is 0 Å². The zero-order chi connectivity index (χ0) is 16.1. The first-order valence-corrected chi connectivity index (χ1v) is 8.26. The van der Waals surface area contributed by atoms with Crippen molar-refractivity contribution >= 4 is 23.4 Å². The van der Waals surface area contributed by atoms with Crippen LogP contribution in [-0.2, 0) is 4.79 Å². The van der Waals surface area contributed by atoms with E-state index in [1.54, 1.807) is 12.1 Å². The van der Waals surface area contributed by atoms with E-state index in [1.807, 2.05) is 18.9 Å². The third-order valence-electron chi connectivity index (χ3n) is 3.85. The molecule has 6 nitrogen and oxygen atoms in total. The summed E-state index contributed by atoms with van der Waals surface area (Å²) >= 11 is 1.44. The quantitative estimate of drug-likeness (QED) is 0.511. The van der Waals surface area contributed by atoms with Crippen molar-refractivity contribution in [3.8, 4) is 0 Å². The van der Waals surface area contributed by atoms with E-state index < -0.39 is 4.92 Å². The average Bonchev–Trinajstić information content (AvgIpc) is 2.54. The molecule has 2 rings (SSSR count). The molecule has 0 aromatic heterocycles. The summed E-state index contributed by atoms with van der Waals surface area (Å²) in [7, 11) is 1.92. The first-order valence-electron chi connectivity index (χ1n) is 7.38. The number of nitro groups is 1. The fraction of sp³-hybridized carbons (Fsp3) is 0.533. The normalized spacial score (nSPS) is 19.7. The smallest absolute Gasteiger partial charge is 0.269 e. The molecule has 1 saturated heterocycles. The van der Waals surface area contributed by atoms with Crippen LogP contribution in [-0.4, -0.2) is 47.2 Å². The minimum absolute atomic E-state index is 0.0659. The van der Waals surface area contributed by atoms with Crippen molar-refractivity contribution in [2.45, 2.75) is 36.0 Å². The van der Waals surface area contributed by atoms with Crippen molar-refractivity contribution in [3.05, 3.63) is 34.4 Å². The van der Waals surface area contributed by atoms with Gasteiger partial charge in [0.05, 0.1) is 10.2 Å². The van der Waals surface area contributed by atoms with Gasteiger partial charge >= 0.3 is 0 Å². The van der Waals surface area contributed by atoms with E-state index in [0.717, 1.165) is 30.8 Å². The number of amides is 1. The van der Waals surface area contributed by atoms with Gasteiger partial charge in [-0.25, -0.2) is 0 Å². The second-order valence-electron chi connectivity index (χ2n) is 5.42. The summed E-state index contributed by atoms with van der Waals surface area (Å²) < 4.78 is 0. The number of nitro benzene ring substituents is 1. The monoisotopic (exact) mass is 323 g/mol. The lowest BCUT2D eigenvalue weighted by Crippen LogP contribution is -2.49. The van der Waals surface area contributed by atoms with Crippen LogP contribution in [0.4, 0.5) is 5.69 Å². The molecule has 0 saturated carbocycles. The third kappa shape index (κ3) is 4.20. The fourth-order valence-corrected chi connectivity index (χ4v) is 3.52. The van der Waals surface area contributed by atoms with Gasteiger partial charge in [-0.3, -0.25) is 14.9 Å². The average molecular weight is 323 g/mol. The molecule has 2 atom stereocenters. The largest absolute Gasteiger partial charge is 0.340 e. The summed E-state index contributed by atoms with van der Waals surface area (Å²) in [6, 6.07) is 6.70. The van der Waals surface area contributed by atoms with Gasteiger partial charge < -0.3 is 10.2 Å². The molecule has 0 radical (unpaired) electrons. The lowest BCUT2D eigenvalue weighted by Gasteiger charge is -2.34. The minimum Gasteiger partial charge on any atom is -0.340 e. The van der Waals surface area contributed by atoms with Crippen molar-refractivity contribution in [1.29, 1.82) is 0 Å². The SMILES string of the molecule is CNC1CCCN(C(=O)C(C)Sc2ccc([N+](=O)[O-])cc2)C1. The van der Waals surface area contributed by atoms with Crippen LogP contribution in [0.1, 0.15) is 19.8 Å². The van der Waals surface area contributed by atoms with Crippen LogP contribution in [0.15, 0.2) is 29.2 Å². The second kappa shape index (κ2) is 7.60. The molecule has 1 aromatic rings. The Morgan fingerprint density at radius 3 is 2.73 bits per heavy atom. The molecule has 1 aromatic carbocycles. The van der Waals surface area contributed by atoms with Crippen LogP contribution in [0.3, 0.4) is 0 Å². The van der Waals surface area contributed by atoms with Crippen LogP contribution >= 0.6 is 11.8 Å². The first-order chi connectivity index (χ1) is 10.5. The maximum absolute atomic E-state index is 12.5. The number of carbonyl (C=O) groups excluding carboxylic acids is 1. The van der Waals surface area contributed by atoms with Crippen molar-refractivity contribution in [1.82, 2.24) is 10.2 Å². The van der Waals surface area contributed by atoms with E-state index in [9.17, 15) is 14.9 Å². The van der Waals surface area contributed by atoms with Gasteiger partial charge in [0.15, 0.2) is 0 Å². The number of carbonyl (C=O) groups is 1. The van der Waals surface area contributed by atoms with Gasteiger partial charge in [-0.1, -0.05) is 0 Å². The van der Waals surface area contributed by atoms with Gasteiger partial charge in [-0.15, -0.1) is 11.8 Å². The number of hydrogen-bond donors (Lipinski definition) is 1. The zero-order valence-electron chi connectivity index (χ0n) is 12.8. The molecular weight excluding hydrogens is 302 g/mol. The standard InChI is InChI=1S/C15H21N3O3S/c1-11(15(19)17-9-3-4-12(10-17)16-2)22-14-7-5-13(6-8-14)18(20)21/h5-8,11-12,16H,3-4,9-10H2,1-2H3. The molecule has 7 heteroatoms. The summed E-state index contributed by atoms with van der Waals surface area (Å²) in [6.07, 6.45) is 2.12. The van der Waals surface area contributed by atoms with E-state index in [2.05, 4.69) is 5.32 Å². The van der Waals surface area contributed by atoms with Crippen LogP contribution in [0, 0.1) is 10.1 Å². The Hall–Kier alpha value is -1.60. The van der Waals surface area contributed by atoms with Gasteiger partial charge in [-0.05, 0) is 38.9 Å². The van der Waals surface area contributed by atoms with E-state index in [4.69, 9.17) is 0 Å². The molecule has 0 aliphatic carbocycles. The van der Waals surface area contributed by atoms with Crippen molar-refractivity contribution in [2.75, 3.05) is 20.1 Å². The molecule has 2 unspecified atom stereocenters. The number of benzene rings is 1. The third-order valence-corrected chi connectivity index (χ3v) is 4.95. The van der Waals surface area contributed by atoms with Crippen LogP contribution in [0.5, 0.6) is 0 Å². The molecule has 1 aliphatic heterocycles. The van der Waals surface area contributed by atoms with Crippen molar-refractivity contribution < 1.29 is 9.72 Å². The predicted molar refractivity (Wildman–Crippen MR) is 87.1 cm³/mol. The number of rotatable bonds is 5. The van der Waals surface area contributed by atoms with E-state index in [0.29, 0.717) is 6.04 Å². The van der Waals surface area contributed by atoms with Crippen LogP contribution < -0.4 is 5.32 Å². The predicted octanol–water partition coefficient (Wildman–Crippen LogP) is 2.29. The number of nitrogens with zero attached hydrogens (tertiary/aromatic N) is 2. The van der Waals surface area contributed by atoms with Gasteiger partial charge in [0.25, 0.3) is 5.69 Å². The number of non-ortho nitro benzene ring substituents is 1. The van der Waals surface area contributed by atoms with E-state index in [-0.39, 0.29) is 16.8 Å². The molecular formula is C15H21N3O3S. The van der Waals surface area contributed by atoms with E-state index in [1.165, 1.54) is 23.9 Å². The van der Waals surface area contributed by atoms with Crippen LogP contribution in [0.2, 0.25) is 0 Å². The number of likely N-dealkylation sites (N-methyl/N-ethyl adjacent to an activating group) is 1. The zero-order valence-corrected chi connectivity index (χ0v) is 13.6. The Balaban J connectivity index is 1.94. The summed E-state index contributed by atoms with van der Waals surface area (Å²) in [4.78, 5) is 25.5. The molecule has 1 N–H and O–H groups in total. The maximum atomic E-state index is 12.5. The lowest BCUT2D eigenvalue weighted by molar-refractivity contribution is -0.384. The topological polar surface area (TPSA) is 75.5 Å². The summed E-state index contributed by atoms with van der Waals surface area (Å²) in [6.45, 7) is 3.44. The Morgan fingerprint density at radius 1 is 1.45 bits per heavy atom. The molecule has 22 heavy (non-hydrogen) atoms. The second-order valence-corrected chi connectivity index (χ2v) is 6.84. The highest BCUT2D eigenvalue weighted by molar-refractivity contribution is 8.00. The summed E-state index contributed by atoms with van der Waals surface area (Å²) in [5.74, 6) is 0.128. The maximum Gasteiger partial charge on any atom is 0.269 e. The highest BCUT2D eigenvalue weighted by atomic mass is 32.2. The van der Waals surface area contributed by atoms with Gasteiger partial charge in [-0.2, -0.15) is 0 Å². The fourth-order valence-electron chi connectivity index (χ4n) is 2.57. The van der Waals surface area contributed by atoms with Crippen molar-refractivity contribution in [3.63, 3.8) is 0 Å². The molecule has 0 spiro atoms. The van der Waals surface area contributed by atoms with Gasteiger partial charge in [0, 0.05) is 36.2 Å². The Kier molecular flexibility index (Phi) is 5.79. The van der Waals surface area contributed by atoms with Gasteiger partial charge in [0.2, 0.25) is 5.91 Å². The molecule has 0 bridgehead atoms. The highest BCUT2D eigenvalue weighted by Crippen LogP contribution is 2.27. The number of hydrogen-bond acceptors (Lipinski definition) is 5. The number of nitrogens with one attached hydrogen (secondary N) is 1. The molecule has 1 amide bonds. The lowest BCUT2D eigenvalue weighted by atomic mass is 10.1. The molecule has 1 aliphatic rings. The molecule has 120 valence electrons. The minimum atomic E-state index is -0.422. The van der Waals surface area contributed by atoms with Gasteiger partial charge in [0.1, 0.15) is 0 Å². The number of piperidine rings is 1. The summed E-state index contributed by atoms with van der Waals surface area (Å²) in [5.41, 5.74) is 0.0659. The summed E-state index contributed by atoms with van der Waals surface area (Å²) in [5, 5.41) is 13.7. The number of likely N-dealkylation sites (tertiary alicyclic amines) is 1. The molecule has 1 fully saturated rings. The number of thioether (sulfide) groups is 1. The Bertz CT molecular complexity index is 535. The van der Waals surface area contributed by atoms with E-state index >= 15 is 0 Å². The van der Waals surface area contributed by atoms with Crippen molar-refractivity contribution in [2.24, 2.45) is 0 Å².